The molecule has 0 amide bonds. The average Bonchev–Trinajstić information content (AvgIpc) is 3.02. The number of benzene rings is 3. The van der Waals surface area contributed by atoms with Gasteiger partial charge in [0, 0.05) is 32.9 Å². The lowest BCUT2D eigenvalue weighted by Crippen LogP contribution is -2.44. The summed E-state index contributed by atoms with van der Waals surface area (Å²) >= 11 is 0. The molecule has 0 fully saturated rings. The van der Waals surface area contributed by atoms with Crippen molar-refractivity contribution in [1.29, 1.82) is 0 Å². The van der Waals surface area contributed by atoms with Gasteiger partial charge >= 0.3 is 0 Å². The first-order valence-electron chi connectivity index (χ1n) is 17.9. The second-order valence-electron chi connectivity index (χ2n) is 16.1. The molecule has 0 atom stereocenters. The minimum Gasteiger partial charge on any atom is -0.416 e. The van der Waals surface area contributed by atoms with Gasteiger partial charge in [0.2, 0.25) is 0 Å². The Hall–Kier alpha value is -2.07. The van der Waals surface area contributed by atoms with E-state index in [1.807, 2.05) is 0 Å². The van der Waals surface area contributed by atoms with Crippen molar-refractivity contribution in [3.8, 4) is 0 Å². The van der Waals surface area contributed by atoms with Crippen LogP contribution >= 0.6 is 0 Å². The van der Waals surface area contributed by atoms with Gasteiger partial charge in [-0.05, 0) is 72.3 Å². The lowest BCUT2D eigenvalue weighted by atomic mass is 9.80. The summed E-state index contributed by atoms with van der Waals surface area (Å²) < 4.78 is 20.2. The fraction of sp³-hybridized carbons (Fsp3) is 0.561. The molecule has 0 aliphatic heterocycles. The Labute approximate surface area is 290 Å². The topological polar surface area (TPSA) is 30.9 Å². The van der Waals surface area contributed by atoms with E-state index in [2.05, 4.69) is 164 Å². The third kappa shape index (κ3) is 11.2. The van der Waals surface area contributed by atoms with Gasteiger partial charge in [0.05, 0.1) is 0 Å². The highest BCUT2D eigenvalue weighted by atomic mass is 28.4. The van der Waals surface area contributed by atoms with Gasteiger partial charge in [-0.25, -0.2) is 0 Å². The van der Waals surface area contributed by atoms with Crippen molar-refractivity contribution in [2.24, 2.45) is 0 Å². The van der Waals surface area contributed by atoms with Crippen LogP contribution in [-0.4, -0.2) is 61.0 Å². The fourth-order valence-corrected chi connectivity index (χ4v) is 7.48. The number of nitrogens with zero attached hydrogens (tertiary/aromatic N) is 1. The van der Waals surface area contributed by atoms with Gasteiger partial charge < -0.3 is 13.6 Å². The highest BCUT2D eigenvalue weighted by Gasteiger charge is 2.39. The number of ether oxygens (including phenoxy) is 1. The van der Waals surface area contributed by atoms with Crippen LogP contribution in [0.2, 0.25) is 36.3 Å². The zero-order chi connectivity index (χ0) is 34.6. The Morgan fingerprint density at radius 1 is 0.468 bits per heavy atom. The molecular formula is C41H65NO3Si2. The van der Waals surface area contributed by atoms with Gasteiger partial charge in [0.25, 0.3) is 0 Å². The highest BCUT2D eigenvalue weighted by molar-refractivity contribution is 6.74. The van der Waals surface area contributed by atoms with Gasteiger partial charge in [-0.15, -0.1) is 0 Å². The summed E-state index contributed by atoms with van der Waals surface area (Å²) in [7, 11) is -3.53. The molecule has 3 rings (SSSR count). The van der Waals surface area contributed by atoms with Crippen molar-refractivity contribution in [3.05, 3.63) is 108 Å². The van der Waals surface area contributed by atoms with Crippen LogP contribution in [0.4, 0.5) is 0 Å². The van der Waals surface area contributed by atoms with Crippen molar-refractivity contribution in [1.82, 2.24) is 4.90 Å². The van der Waals surface area contributed by atoms with E-state index < -0.39 is 22.2 Å². The Morgan fingerprint density at radius 2 is 0.830 bits per heavy atom. The Balaban J connectivity index is 1.59. The highest BCUT2D eigenvalue weighted by Crippen LogP contribution is 2.41. The van der Waals surface area contributed by atoms with E-state index in [4.69, 9.17) is 13.6 Å². The predicted molar refractivity (Wildman–Crippen MR) is 206 cm³/mol. The molecule has 0 heterocycles. The minimum atomic E-state index is -1.77. The summed E-state index contributed by atoms with van der Waals surface area (Å²) in [4.78, 5) is 2.57. The summed E-state index contributed by atoms with van der Waals surface area (Å²) in [5, 5.41) is 0.453. The molecule has 0 N–H and O–H groups in total. The zero-order valence-electron chi connectivity index (χ0n) is 31.4. The third-order valence-corrected chi connectivity index (χ3v) is 19.7. The molecule has 0 aliphatic carbocycles. The third-order valence-electron chi connectivity index (χ3n) is 10.6. The molecule has 0 unspecified atom stereocenters. The summed E-state index contributed by atoms with van der Waals surface area (Å²) in [6.45, 7) is 28.6. The van der Waals surface area contributed by atoms with E-state index in [-0.39, 0.29) is 10.1 Å². The van der Waals surface area contributed by atoms with Crippen LogP contribution in [0.3, 0.4) is 0 Å². The van der Waals surface area contributed by atoms with E-state index >= 15 is 0 Å². The number of rotatable bonds is 19. The number of hydrogen-bond donors (Lipinski definition) is 0. The summed E-state index contributed by atoms with van der Waals surface area (Å²) in [5.74, 6) is 0. The number of hydrogen-bond acceptors (Lipinski definition) is 4. The van der Waals surface area contributed by atoms with Gasteiger partial charge in [-0.1, -0.05) is 145 Å². The molecule has 0 aliphatic rings. The van der Waals surface area contributed by atoms with Crippen molar-refractivity contribution < 1.29 is 13.6 Å². The molecular weight excluding hydrogens is 611 g/mol. The predicted octanol–water partition coefficient (Wildman–Crippen LogP) is 10.9. The summed E-state index contributed by atoms with van der Waals surface area (Å²) in [6, 6.07) is 32.0. The van der Waals surface area contributed by atoms with Crippen LogP contribution < -0.4 is 0 Å². The molecule has 0 bridgehead atoms. The van der Waals surface area contributed by atoms with Crippen LogP contribution in [0.15, 0.2) is 91.0 Å². The van der Waals surface area contributed by atoms with Crippen LogP contribution in [0, 0.1) is 0 Å². The molecule has 0 spiro atoms. The molecule has 47 heavy (non-hydrogen) atoms. The summed E-state index contributed by atoms with van der Waals surface area (Å²) in [5.41, 5.74) is 2.84. The molecule has 6 heteroatoms. The minimum absolute atomic E-state index is 0.227. The lowest BCUT2D eigenvalue weighted by Gasteiger charge is -2.38. The van der Waals surface area contributed by atoms with E-state index in [9.17, 15) is 0 Å². The molecule has 4 nitrogen and oxygen atoms in total. The van der Waals surface area contributed by atoms with E-state index in [0.29, 0.717) is 6.61 Å². The lowest BCUT2D eigenvalue weighted by molar-refractivity contribution is 0.0106. The molecule has 0 saturated heterocycles. The normalized spacial score (nSPS) is 13.3. The van der Waals surface area contributed by atoms with Crippen LogP contribution in [0.25, 0.3) is 0 Å². The molecule has 260 valence electrons. The van der Waals surface area contributed by atoms with Crippen LogP contribution in [-0.2, 0) is 19.2 Å². The largest absolute Gasteiger partial charge is 0.416 e. The van der Waals surface area contributed by atoms with Crippen molar-refractivity contribution >= 4 is 16.6 Å². The Kier molecular flexibility index (Phi) is 14.7. The second kappa shape index (κ2) is 17.5. The van der Waals surface area contributed by atoms with Gasteiger partial charge in [-0.3, -0.25) is 4.90 Å². The van der Waals surface area contributed by atoms with Crippen molar-refractivity contribution in [3.63, 3.8) is 0 Å². The average molecular weight is 676 g/mol. The first-order valence-corrected chi connectivity index (χ1v) is 23.7. The first kappa shape index (κ1) is 39.4. The molecule has 0 aromatic heterocycles. The monoisotopic (exact) mass is 675 g/mol. The van der Waals surface area contributed by atoms with Gasteiger partial charge in [-0.2, -0.15) is 0 Å². The van der Waals surface area contributed by atoms with Gasteiger partial charge in [0.15, 0.2) is 16.6 Å². The Bertz CT molecular complexity index is 1160. The molecule has 0 radical (unpaired) electrons. The molecule has 3 aromatic rings. The molecule has 0 saturated carbocycles. The zero-order valence-corrected chi connectivity index (χ0v) is 33.4. The van der Waals surface area contributed by atoms with Crippen molar-refractivity contribution in [2.75, 3.05) is 39.5 Å². The van der Waals surface area contributed by atoms with Crippen molar-refractivity contribution in [2.45, 2.75) is 109 Å². The quantitative estimate of drug-likeness (QED) is 0.0719. The standard InChI is InChI=1S/C41H65NO3Si2/c1-39(2,3)46(7,8)44-34-31-42(32-35-45-47(9,10)40(4,5)6)30-22-11-12-23-33-43-41(36-24-16-13-17-25-36,37-26-18-14-19-27-37)38-28-20-15-21-29-38/h13-21,24-29H,11-12,22-23,30-35H2,1-10H3. The SMILES string of the molecule is CC(C)(C)[Si](C)(C)OCCN(CCCCCCOC(c1ccccc1)(c1ccccc1)c1ccccc1)CCO[Si](C)(C)C(C)(C)C. The molecule has 3 aromatic carbocycles. The number of unbranched alkanes of at least 4 members (excludes halogenated alkanes) is 3. The smallest absolute Gasteiger partial charge is 0.192 e. The van der Waals surface area contributed by atoms with Gasteiger partial charge in [0.1, 0.15) is 5.60 Å². The first-order chi connectivity index (χ1) is 22.1. The van der Waals surface area contributed by atoms with E-state index in [0.717, 1.165) is 62.4 Å². The van der Waals surface area contributed by atoms with Crippen LogP contribution in [0.5, 0.6) is 0 Å². The van der Waals surface area contributed by atoms with E-state index in [1.165, 1.54) is 12.8 Å². The maximum absolute atomic E-state index is 7.00. The maximum Gasteiger partial charge on any atom is 0.192 e. The maximum atomic E-state index is 7.00. The fourth-order valence-electron chi connectivity index (χ4n) is 5.41. The second-order valence-corrected chi connectivity index (χ2v) is 25.7. The summed E-state index contributed by atoms with van der Waals surface area (Å²) in [6.07, 6.45) is 4.52. The van der Waals surface area contributed by atoms with E-state index in [1.54, 1.807) is 0 Å². The Morgan fingerprint density at radius 3 is 1.19 bits per heavy atom. The van der Waals surface area contributed by atoms with Crippen LogP contribution in [0.1, 0.15) is 83.9 Å².